The van der Waals surface area contributed by atoms with Crippen molar-refractivity contribution >= 4 is 53.4 Å². The molecule has 0 aliphatic heterocycles. The van der Waals surface area contributed by atoms with Gasteiger partial charge in [0.25, 0.3) is 0 Å². The van der Waals surface area contributed by atoms with Crippen molar-refractivity contribution < 1.29 is 4.42 Å². The molecule has 0 unspecified atom stereocenters. The fourth-order valence-corrected chi connectivity index (χ4v) is 7.76. The summed E-state index contributed by atoms with van der Waals surface area (Å²) in [6, 6.07) is 56.6. The zero-order valence-electron chi connectivity index (χ0n) is 23.8. The highest BCUT2D eigenvalue weighted by atomic mass is 32.1. The van der Waals surface area contributed by atoms with Crippen molar-refractivity contribution in [1.82, 2.24) is 0 Å². The molecule has 0 N–H and O–H groups in total. The maximum Gasteiger partial charge on any atom is 0.143 e. The standard InChI is InChI=1S/C42H26OS/c1-2-10-27(11-3-1)28-20-22-29(23-21-28)30-12-8-13-31(24-30)37-25-32(26-38-34-14-4-6-18-39(34)43-41(37)38)33-16-9-17-36-35-15-5-7-19-40(35)44-42(33)36/h1-26H. The summed E-state index contributed by atoms with van der Waals surface area (Å²) in [6.45, 7) is 0. The molecule has 0 saturated carbocycles. The summed E-state index contributed by atoms with van der Waals surface area (Å²) in [5.41, 5.74) is 11.4. The Kier molecular flexibility index (Phi) is 5.75. The van der Waals surface area contributed by atoms with Crippen molar-refractivity contribution in [3.05, 3.63) is 158 Å². The number of benzene rings is 7. The molecule has 0 bridgehead atoms. The third-order valence-corrected chi connectivity index (χ3v) is 9.91. The van der Waals surface area contributed by atoms with Crippen LogP contribution in [0.5, 0.6) is 0 Å². The average molecular weight is 579 g/mol. The molecule has 0 radical (unpaired) electrons. The van der Waals surface area contributed by atoms with Crippen LogP contribution in [-0.4, -0.2) is 0 Å². The zero-order valence-corrected chi connectivity index (χ0v) is 24.6. The van der Waals surface area contributed by atoms with Gasteiger partial charge < -0.3 is 4.42 Å². The van der Waals surface area contributed by atoms with Gasteiger partial charge in [-0.3, -0.25) is 0 Å². The smallest absolute Gasteiger partial charge is 0.143 e. The minimum atomic E-state index is 0.911. The number of para-hydroxylation sites is 1. The van der Waals surface area contributed by atoms with Crippen molar-refractivity contribution in [1.29, 1.82) is 0 Å². The van der Waals surface area contributed by atoms with Crippen LogP contribution in [-0.2, 0) is 0 Å². The summed E-state index contributed by atoms with van der Waals surface area (Å²) in [5, 5.41) is 4.91. The van der Waals surface area contributed by atoms with E-state index in [1.54, 1.807) is 0 Å². The molecule has 2 aromatic heterocycles. The fourth-order valence-electron chi connectivity index (χ4n) is 6.52. The Hall–Kier alpha value is -5.44. The van der Waals surface area contributed by atoms with Gasteiger partial charge in [0.15, 0.2) is 0 Å². The highest BCUT2D eigenvalue weighted by Gasteiger charge is 2.18. The first-order chi connectivity index (χ1) is 21.8. The molecule has 0 amide bonds. The second kappa shape index (κ2) is 10.1. The predicted molar refractivity (Wildman–Crippen MR) is 188 cm³/mol. The lowest BCUT2D eigenvalue weighted by molar-refractivity contribution is 0.670. The highest BCUT2D eigenvalue weighted by Crippen LogP contribution is 2.44. The molecule has 2 heteroatoms. The predicted octanol–water partition coefficient (Wildman–Crippen LogP) is 12.6. The Morgan fingerprint density at radius 3 is 1.86 bits per heavy atom. The number of rotatable bonds is 4. The molecule has 1 nitrogen and oxygen atoms in total. The molecule has 0 spiro atoms. The van der Waals surface area contributed by atoms with Gasteiger partial charge in [0, 0.05) is 36.5 Å². The van der Waals surface area contributed by atoms with E-state index in [1.165, 1.54) is 53.6 Å². The van der Waals surface area contributed by atoms with Gasteiger partial charge in [-0.1, -0.05) is 127 Å². The van der Waals surface area contributed by atoms with Crippen molar-refractivity contribution in [3.63, 3.8) is 0 Å². The van der Waals surface area contributed by atoms with Gasteiger partial charge in [-0.25, -0.2) is 0 Å². The third kappa shape index (κ3) is 4.07. The molecule has 206 valence electrons. The van der Waals surface area contributed by atoms with Crippen LogP contribution in [0.1, 0.15) is 0 Å². The van der Waals surface area contributed by atoms with Gasteiger partial charge in [-0.2, -0.15) is 0 Å². The molecular formula is C42H26OS. The lowest BCUT2D eigenvalue weighted by Crippen LogP contribution is -1.86. The number of fused-ring (bicyclic) bond motifs is 6. The highest BCUT2D eigenvalue weighted by molar-refractivity contribution is 7.26. The van der Waals surface area contributed by atoms with Crippen LogP contribution < -0.4 is 0 Å². The number of hydrogen-bond acceptors (Lipinski definition) is 2. The van der Waals surface area contributed by atoms with Crippen molar-refractivity contribution in [2.24, 2.45) is 0 Å². The van der Waals surface area contributed by atoms with E-state index >= 15 is 0 Å². The Morgan fingerprint density at radius 2 is 1.00 bits per heavy atom. The van der Waals surface area contributed by atoms with E-state index in [-0.39, 0.29) is 0 Å². The summed E-state index contributed by atoms with van der Waals surface area (Å²) < 4.78 is 9.21. The summed E-state index contributed by atoms with van der Waals surface area (Å²) in [7, 11) is 0. The molecule has 0 atom stereocenters. The second-order valence-corrected chi connectivity index (χ2v) is 12.4. The van der Waals surface area contributed by atoms with Gasteiger partial charge in [-0.15, -0.1) is 11.3 Å². The maximum atomic E-state index is 6.58. The van der Waals surface area contributed by atoms with E-state index in [1.807, 2.05) is 17.4 Å². The monoisotopic (exact) mass is 578 g/mol. The molecule has 2 heterocycles. The Morgan fingerprint density at radius 1 is 0.364 bits per heavy atom. The first-order valence-electron chi connectivity index (χ1n) is 14.9. The summed E-state index contributed by atoms with van der Waals surface area (Å²) in [6.07, 6.45) is 0. The first kappa shape index (κ1) is 25.1. The van der Waals surface area contributed by atoms with E-state index in [4.69, 9.17) is 4.42 Å². The lowest BCUT2D eigenvalue weighted by Gasteiger charge is -2.11. The molecular weight excluding hydrogens is 553 g/mol. The number of hydrogen-bond donors (Lipinski definition) is 0. The quantitative estimate of drug-likeness (QED) is 0.202. The largest absolute Gasteiger partial charge is 0.455 e. The third-order valence-electron chi connectivity index (χ3n) is 8.69. The Labute approximate surface area is 259 Å². The molecule has 7 aromatic carbocycles. The fraction of sp³-hybridized carbons (Fsp3) is 0. The van der Waals surface area contributed by atoms with Gasteiger partial charge in [0.05, 0.1) is 0 Å². The zero-order chi connectivity index (χ0) is 29.0. The lowest BCUT2D eigenvalue weighted by atomic mass is 9.93. The Balaban J connectivity index is 1.23. The van der Waals surface area contributed by atoms with E-state index in [2.05, 4.69) is 152 Å². The van der Waals surface area contributed by atoms with Gasteiger partial charge >= 0.3 is 0 Å². The van der Waals surface area contributed by atoms with E-state index < -0.39 is 0 Å². The normalized spacial score (nSPS) is 11.6. The minimum absolute atomic E-state index is 0.911. The summed E-state index contributed by atoms with van der Waals surface area (Å²) >= 11 is 1.87. The van der Waals surface area contributed by atoms with E-state index in [9.17, 15) is 0 Å². The van der Waals surface area contributed by atoms with Crippen LogP contribution in [0.2, 0.25) is 0 Å². The summed E-state index contributed by atoms with van der Waals surface area (Å²) in [4.78, 5) is 0. The van der Waals surface area contributed by atoms with Crippen LogP contribution in [0.4, 0.5) is 0 Å². The molecule has 0 fully saturated rings. The SMILES string of the molecule is c1ccc(-c2ccc(-c3cccc(-c4cc(-c5cccc6c5sc5ccccc56)cc5c4oc4ccccc45)c3)cc2)cc1. The minimum Gasteiger partial charge on any atom is -0.455 e. The molecule has 9 rings (SSSR count). The van der Waals surface area contributed by atoms with Crippen LogP contribution >= 0.6 is 11.3 Å². The van der Waals surface area contributed by atoms with Crippen molar-refractivity contribution in [2.75, 3.05) is 0 Å². The van der Waals surface area contributed by atoms with Crippen LogP contribution in [0.3, 0.4) is 0 Å². The molecule has 0 saturated heterocycles. The van der Waals surface area contributed by atoms with Crippen molar-refractivity contribution in [2.45, 2.75) is 0 Å². The number of furan rings is 1. The van der Waals surface area contributed by atoms with Crippen LogP contribution in [0, 0.1) is 0 Å². The topological polar surface area (TPSA) is 13.1 Å². The first-order valence-corrected chi connectivity index (χ1v) is 15.7. The second-order valence-electron chi connectivity index (χ2n) is 11.3. The van der Waals surface area contributed by atoms with Gasteiger partial charge in [-0.05, 0) is 69.3 Å². The number of thiophene rings is 1. The van der Waals surface area contributed by atoms with E-state index in [0.717, 1.165) is 33.1 Å². The summed E-state index contributed by atoms with van der Waals surface area (Å²) in [5.74, 6) is 0. The molecule has 0 aliphatic rings. The van der Waals surface area contributed by atoms with E-state index in [0.29, 0.717) is 0 Å². The van der Waals surface area contributed by atoms with Crippen LogP contribution in [0.25, 0.3) is 86.6 Å². The van der Waals surface area contributed by atoms with Crippen molar-refractivity contribution in [3.8, 4) is 44.5 Å². The molecule has 0 aliphatic carbocycles. The Bertz CT molecular complexity index is 2480. The average Bonchev–Trinajstić information content (AvgIpc) is 3.67. The molecule has 44 heavy (non-hydrogen) atoms. The van der Waals surface area contributed by atoms with Crippen LogP contribution in [0.15, 0.2) is 162 Å². The molecule has 9 aromatic rings. The van der Waals surface area contributed by atoms with Gasteiger partial charge in [0.1, 0.15) is 11.2 Å². The van der Waals surface area contributed by atoms with Gasteiger partial charge in [0.2, 0.25) is 0 Å². The maximum absolute atomic E-state index is 6.58.